The molecule has 0 atom stereocenters. The minimum absolute atomic E-state index is 0.806. The van der Waals surface area contributed by atoms with Crippen molar-refractivity contribution < 1.29 is 9.47 Å². The van der Waals surface area contributed by atoms with Crippen molar-refractivity contribution in [2.75, 3.05) is 19.5 Å². The number of rotatable bonds is 4. The van der Waals surface area contributed by atoms with E-state index >= 15 is 0 Å². The van der Waals surface area contributed by atoms with Crippen LogP contribution in [0.5, 0.6) is 11.5 Å². The molecule has 0 bridgehead atoms. The smallest absolute Gasteiger partial charge is 0.121 e. The molecule has 1 N–H and O–H groups in total. The van der Waals surface area contributed by atoms with Gasteiger partial charge in [0, 0.05) is 28.5 Å². The van der Waals surface area contributed by atoms with Crippen LogP contribution in [0.4, 0.5) is 11.4 Å². The summed E-state index contributed by atoms with van der Waals surface area (Å²) in [6, 6.07) is 15.8. The molecule has 0 aliphatic rings. The molecule has 1 heterocycles. The van der Waals surface area contributed by atoms with Crippen molar-refractivity contribution in [3.63, 3.8) is 0 Å². The molecule has 0 fully saturated rings. The monoisotopic (exact) mass is 294 g/mol. The molecule has 0 spiro atoms. The fourth-order valence-electron chi connectivity index (χ4n) is 2.40. The number of anilines is 2. The van der Waals surface area contributed by atoms with Crippen LogP contribution in [0.3, 0.4) is 0 Å². The van der Waals surface area contributed by atoms with Gasteiger partial charge in [0.25, 0.3) is 0 Å². The zero-order valence-corrected chi connectivity index (χ0v) is 12.9. The lowest BCUT2D eigenvalue weighted by atomic mass is 10.1. The van der Waals surface area contributed by atoms with Gasteiger partial charge < -0.3 is 14.8 Å². The van der Waals surface area contributed by atoms with Gasteiger partial charge in [0.1, 0.15) is 11.5 Å². The molecule has 3 rings (SSSR count). The third-order valence-corrected chi connectivity index (χ3v) is 3.51. The highest BCUT2D eigenvalue weighted by molar-refractivity contribution is 5.94. The van der Waals surface area contributed by atoms with Crippen molar-refractivity contribution in [2.24, 2.45) is 0 Å². The Balaban J connectivity index is 2.01. The number of methoxy groups -OCH3 is 2. The summed E-state index contributed by atoms with van der Waals surface area (Å²) in [5.41, 5.74) is 3.89. The molecule has 0 saturated heterocycles. The number of hydrogen-bond acceptors (Lipinski definition) is 4. The predicted octanol–water partition coefficient (Wildman–Crippen LogP) is 4.30. The minimum Gasteiger partial charge on any atom is -0.497 e. The van der Waals surface area contributed by atoms with Gasteiger partial charge in [-0.25, -0.2) is 0 Å². The first-order valence-corrected chi connectivity index (χ1v) is 7.06. The Morgan fingerprint density at radius 1 is 0.864 bits per heavy atom. The van der Waals surface area contributed by atoms with Crippen LogP contribution in [0.1, 0.15) is 5.69 Å². The topological polar surface area (TPSA) is 43.4 Å². The highest BCUT2D eigenvalue weighted by Crippen LogP contribution is 2.29. The van der Waals surface area contributed by atoms with Crippen molar-refractivity contribution in [3.05, 3.63) is 54.2 Å². The molecule has 0 radical (unpaired) electrons. The molecule has 112 valence electrons. The third-order valence-electron chi connectivity index (χ3n) is 3.51. The zero-order chi connectivity index (χ0) is 15.5. The maximum Gasteiger partial charge on any atom is 0.121 e. The number of benzene rings is 2. The highest BCUT2D eigenvalue weighted by Gasteiger charge is 2.06. The molecule has 0 aliphatic heterocycles. The molecular formula is C18H18N2O2. The number of aryl methyl sites for hydroxylation is 1. The summed E-state index contributed by atoms with van der Waals surface area (Å²) in [4.78, 5) is 4.57. The van der Waals surface area contributed by atoms with Gasteiger partial charge in [-0.05, 0) is 49.4 Å². The summed E-state index contributed by atoms with van der Waals surface area (Å²) < 4.78 is 10.5. The van der Waals surface area contributed by atoms with E-state index in [2.05, 4.69) is 10.3 Å². The van der Waals surface area contributed by atoms with E-state index in [0.29, 0.717) is 0 Å². The number of fused-ring (bicyclic) bond motifs is 1. The van der Waals surface area contributed by atoms with Crippen LogP contribution in [0.15, 0.2) is 48.5 Å². The fraction of sp³-hybridized carbons (Fsp3) is 0.167. The number of hydrogen-bond donors (Lipinski definition) is 1. The van der Waals surface area contributed by atoms with Crippen LogP contribution in [-0.4, -0.2) is 19.2 Å². The first-order valence-electron chi connectivity index (χ1n) is 7.06. The standard InChI is InChI=1S/C18H18N2O2/c1-12-10-17(20-13-4-6-14(21-2)7-5-13)16-9-8-15(22-3)11-18(16)19-12/h4-11H,1-3H3,(H,19,20). The fourth-order valence-corrected chi connectivity index (χ4v) is 2.40. The summed E-state index contributed by atoms with van der Waals surface area (Å²) in [5, 5.41) is 4.50. The second-order valence-electron chi connectivity index (χ2n) is 5.05. The van der Waals surface area contributed by atoms with E-state index < -0.39 is 0 Å². The number of ether oxygens (including phenoxy) is 2. The summed E-state index contributed by atoms with van der Waals surface area (Å²) in [6.07, 6.45) is 0. The van der Waals surface area contributed by atoms with Crippen LogP contribution in [0, 0.1) is 6.92 Å². The van der Waals surface area contributed by atoms with Gasteiger partial charge in [0.05, 0.1) is 19.7 Å². The normalized spacial score (nSPS) is 10.5. The predicted molar refractivity (Wildman–Crippen MR) is 89.3 cm³/mol. The number of nitrogens with zero attached hydrogens (tertiary/aromatic N) is 1. The Morgan fingerprint density at radius 3 is 2.23 bits per heavy atom. The SMILES string of the molecule is COc1ccc(Nc2cc(C)nc3cc(OC)ccc23)cc1. The van der Waals surface area contributed by atoms with Gasteiger partial charge in [-0.15, -0.1) is 0 Å². The highest BCUT2D eigenvalue weighted by atomic mass is 16.5. The lowest BCUT2D eigenvalue weighted by Gasteiger charge is -2.12. The first kappa shape index (κ1) is 14.2. The van der Waals surface area contributed by atoms with E-state index in [-0.39, 0.29) is 0 Å². The van der Waals surface area contributed by atoms with Gasteiger partial charge >= 0.3 is 0 Å². The molecule has 0 unspecified atom stereocenters. The molecule has 0 saturated carbocycles. The summed E-state index contributed by atoms with van der Waals surface area (Å²) in [6.45, 7) is 1.98. The molecule has 3 aromatic rings. The minimum atomic E-state index is 0.806. The number of pyridine rings is 1. The van der Waals surface area contributed by atoms with Gasteiger partial charge in [-0.3, -0.25) is 4.98 Å². The van der Waals surface area contributed by atoms with E-state index in [4.69, 9.17) is 9.47 Å². The van der Waals surface area contributed by atoms with Crippen LogP contribution in [0.2, 0.25) is 0 Å². The van der Waals surface area contributed by atoms with E-state index in [1.54, 1.807) is 14.2 Å². The second kappa shape index (κ2) is 5.93. The second-order valence-corrected chi connectivity index (χ2v) is 5.05. The zero-order valence-electron chi connectivity index (χ0n) is 12.9. The lowest BCUT2D eigenvalue weighted by Crippen LogP contribution is -1.95. The maximum absolute atomic E-state index is 5.27. The van der Waals surface area contributed by atoms with Gasteiger partial charge in [0.15, 0.2) is 0 Å². The van der Waals surface area contributed by atoms with Gasteiger partial charge in [-0.2, -0.15) is 0 Å². The summed E-state index contributed by atoms with van der Waals surface area (Å²) in [7, 11) is 3.32. The quantitative estimate of drug-likeness (QED) is 0.779. The van der Waals surface area contributed by atoms with Crippen LogP contribution >= 0.6 is 0 Å². The molecule has 0 aliphatic carbocycles. The van der Waals surface area contributed by atoms with Crippen molar-refractivity contribution in [3.8, 4) is 11.5 Å². The Labute approximate surface area is 129 Å². The van der Waals surface area contributed by atoms with E-state index in [0.717, 1.165) is 39.5 Å². The van der Waals surface area contributed by atoms with E-state index in [1.807, 2.05) is 55.5 Å². The Morgan fingerprint density at radius 2 is 1.55 bits per heavy atom. The average Bonchev–Trinajstić information content (AvgIpc) is 2.54. The molecule has 2 aromatic carbocycles. The largest absolute Gasteiger partial charge is 0.497 e. The van der Waals surface area contributed by atoms with Crippen molar-refractivity contribution in [1.29, 1.82) is 0 Å². The number of nitrogens with one attached hydrogen (secondary N) is 1. The summed E-state index contributed by atoms with van der Waals surface area (Å²) in [5.74, 6) is 1.65. The molecule has 4 heteroatoms. The Hall–Kier alpha value is -2.75. The van der Waals surface area contributed by atoms with Crippen molar-refractivity contribution >= 4 is 22.3 Å². The molecule has 4 nitrogen and oxygen atoms in total. The molecule has 1 aromatic heterocycles. The van der Waals surface area contributed by atoms with Gasteiger partial charge in [-0.1, -0.05) is 0 Å². The Kier molecular flexibility index (Phi) is 3.83. The lowest BCUT2D eigenvalue weighted by molar-refractivity contribution is 0.415. The molecular weight excluding hydrogens is 276 g/mol. The van der Waals surface area contributed by atoms with E-state index in [9.17, 15) is 0 Å². The third kappa shape index (κ3) is 2.81. The first-order chi connectivity index (χ1) is 10.7. The van der Waals surface area contributed by atoms with Crippen LogP contribution in [-0.2, 0) is 0 Å². The maximum atomic E-state index is 5.27. The Bertz CT molecular complexity index is 798. The van der Waals surface area contributed by atoms with Crippen LogP contribution in [0.25, 0.3) is 10.9 Å². The van der Waals surface area contributed by atoms with Crippen LogP contribution < -0.4 is 14.8 Å². The molecule has 0 amide bonds. The summed E-state index contributed by atoms with van der Waals surface area (Å²) >= 11 is 0. The van der Waals surface area contributed by atoms with Crippen molar-refractivity contribution in [2.45, 2.75) is 6.92 Å². The van der Waals surface area contributed by atoms with Gasteiger partial charge in [0.2, 0.25) is 0 Å². The van der Waals surface area contributed by atoms with Crippen molar-refractivity contribution in [1.82, 2.24) is 4.98 Å². The molecule has 22 heavy (non-hydrogen) atoms. The van der Waals surface area contributed by atoms with E-state index in [1.165, 1.54) is 0 Å². The average molecular weight is 294 g/mol. The number of aromatic nitrogens is 1.